The van der Waals surface area contributed by atoms with Crippen molar-refractivity contribution >= 4 is 5.91 Å². The number of piperidine rings is 1. The quantitative estimate of drug-likeness (QED) is 0.903. The number of carbonyl (C=O) groups excluding carboxylic acids is 1. The van der Waals surface area contributed by atoms with Crippen molar-refractivity contribution in [2.75, 3.05) is 13.1 Å². The van der Waals surface area contributed by atoms with E-state index in [1.165, 1.54) is 17.5 Å². The number of hydrogen-bond donors (Lipinski definition) is 1. The molecule has 0 aliphatic carbocycles. The highest BCUT2D eigenvalue weighted by atomic mass is 16.2. The van der Waals surface area contributed by atoms with Gasteiger partial charge in [-0.2, -0.15) is 0 Å². The normalized spacial score (nSPS) is 22.0. The third kappa shape index (κ3) is 4.57. The van der Waals surface area contributed by atoms with Crippen molar-refractivity contribution in [3.63, 3.8) is 0 Å². The number of nitrogens with zero attached hydrogens (tertiary/aromatic N) is 1. The van der Waals surface area contributed by atoms with Crippen LogP contribution in [0, 0.1) is 12.8 Å². The third-order valence-electron chi connectivity index (χ3n) is 4.26. The fraction of sp³-hybridized carbons (Fsp3) is 0.611. The SMILES string of the molecule is CCCN(Cc1ccc(C)cc1)C(=O)C1CC(C)CCN1. The first kappa shape index (κ1) is 16.0. The van der Waals surface area contributed by atoms with Crippen molar-refractivity contribution < 1.29 is 4.79 Å². The van der Waals surface area contributed by atoms with Crippen molar-refractivity contribution in [1.82, 2.24) is 10.2 Å². The minimum absolute atomic E-state index is 0.00532. The van der Waals surface area contributed by atoms with Crippen LogP contribution in [-0.2, 0) is 11.3 Å². The zero-order valence-electron chi connectivity index (χ0n) is 13.6. The molecule has 0 radical (unpaired) electrons. The van der Waals surface area contributed by atoms with E-state index in [0.29, 0.717) is 5.92 Å². The molecule has 1 saturated heterocycles. The van der Waals surface area contributed by atoms with Gasteiger partial charge in [-0.15, -0.1) is 0 Å². The molecule has 2 atom stereocenters. The van der Waals surface area contributed by atoms with Gasteiger partial charge in [0.2, 0.25) is 5.91 Å². The third-order valence-corrected chi connectivity index (χ3v) is 4.26. The number of rotatable bonds is 5. The molecule has 1 aromatic carbocycles. The van der Waals surface area contributed by atoms with Gasteiger partial charge in [0.25, 0.3) is 0 Å². The number of carbonyl (C=O) groups is 1. The Morgan fingerprint density at radius 3 is 2.67 bits per heavy atom. The molecule has 3 nitrogen and oxygen atoms in total. The Hall–Kier alpha value is -1.35. The molecule has 0 saturated carbocycles. The summed E-state index contributed by atoms with van der Waals surface area (Å²) in [4.78, 5) is 14.8. The van der Waals surface area contributed by atoms with Crippen molar-refractivity contribution in [2.24, 2.45) is 5.92 Å². The van der Waals surface area contributed by atoms with Crippen LogP contribution in [0.15, 0.2) is 24.3 Å². The number of aryl methyl sites for hydroxylation is 1. The Morgan fingerprint density at radius 1 is 1.33 bits per heavy atom. The van der Waals surface area contributed by atoms with E-state index >= 15 is 0 Å². The Kier molecular flexibility index (Phi) is 5.80. The van der Waals surface area contributed by atoms with Gasteiger partial charge in [0.05, 0.1) is 6.04 Å². The second-order valence-electron chi connectivity index (χ2n) is 6.38. The highest BCUT2D eigenvalue weighted by molar-refractivity contribution is 5.82. The Morgan fingerprint density at radius 2 is 2.05 bits per heavy atom. The lowest BCUT2D eigenvalue weighted by Gasteiger charge is -2.32. The van der Waals surface area contributed by atoms with E-state index in [1.54, 1.807) is 0 Å². The number of benzene rings is 1. The van der Waals surface area contributed by atoms with Gasteiger partial charge in [-0.1, -0.05) is 43.7 Å². The smallest absolute Gasteiger partial charge is 0.240 e. The molecular formula is C18H28N2O. The zero-order chi connectivity index (χ0) is 15.2. The average Bonchev–Trinajstić information content (AvgIpc) is 2.48. The molecule has 1 fully saturated rings. The van der Waals surface area contributed by atoms with Crippen LogP contribution in [-0.4, -0.2) is 29.9 Å². The summed E-state index contributed by atoms with van der Waals surface area (Å²) < 4.78 is 0. The molecule has 2 unspecified atom stereocenters. The molecule has 2 rings (SSSR count). The molecule has 0 aromatic heterocycles. The van der Waals surface area contributed by atoms with E-state index in [1.807, 2.05) is 4.90 Å². The average molecular weight is 288 g/mol. The summed E-state index contributed by atoms with van der Waals surface area (Å²) in [7, 11) is 0. The summed E-state index contributed by atoms with van der Waals surface area (Å²) in [6, 6.07) is 8.49. The molecule has 1 heterocycles. The summed E-state index contributed by atoms with van der Waals surface area (Å²) in [5.74, 6) is 0.909. The highest BCUT2D eigenvalue weighted by Gasteiger charge is 2.28. The first-order chi connectivity index (χ1) is 10.1. The molecule has 1 aliphatic heterocycles. The molecule has 3 heteroatoms. The lowest BCUT2D eigenvalue weighted by atomic mass is 9.93. The van der Waals surface area contributed by atoms with Crippen LogP contribution in [0.5, 0.6) is 0 Å². The van der Waals surface area contributed by atoms with Gasteiger partial charge in [0.1, 0.15) is 0 Å². The van der Waals surface area contributed by atoms with E-state index in [2.05, 4.69) is 50.4 Å². The minimum Gasteiger partial charge on any atom is -0.337 e. The van der Waals surface area contributed by atoms with Crippen LogP contribution in [0.3, 0.4) is 0 Å². The standard InChI is InChI=1S/C18H28N2O/c1-4-11-20(13-16-7-5-14(2)6-8-16)18(21)17-12-15(3)9-10-19-17/h5-8,15,17,19H,4,9-13H2,1-3H3. The maximum atomic E-state index is 12.8. The summed E-state index contributed by atoms with van der Waals surface area (Å²) in [5.41, 5.74) is 2.47. The first-order valence-electron chi connectivity index (χ1n) is 8.18. The molecule has 1 aliphatic rings. The minimum atomic E-state index is 0.00532. The summed E-state index contributed by atoms with van der Waals surface area (Å²) in [6.07, 6.45) is 3.14. The van der Waals surface area contributed by atoms with E-state index < -0.39 is 0 Å². The van der Waals surface area contributed by atoms with Crippen LogP contribution < -0.4 is 5.32 Å². The number of amides is 1. The second kappa shape index (κ2) is 7.60. The van der Waals surface area contributed by atoms with Gasteiger partial charge in [-0.05, 0) is 44.2 Å². The van der Waals surface area contributed by atoms with Crippen LogP contribution in [0.25, 0.3) is 0 Å². The Balaban J connectivity index is 2.03. The Labute approximate surface area is 128 Å². The number of hydrogen-bond acceptors (Lipinski definition) is 2. The fourth-order valence-electron chi connectivity index (χ4n) is 2.97. The molecule has 1 N–H and O–H groups in total. The molecule has 0 bridgehead atoms. The number of nitrogens with one attached hydrogen (secondary N) is 1. The topological polar surface area (TPSA) is 32.3 Å². The van der Waals surface area contributed by atoms with Gasteiger partial charge >= 0.3 is 0 Å². The first-order valence-corrected chi connectivity index (χ1v) is 8.18. The van der Waals surface area contributed by atoms with Crippen LogP contribution in [0.1, 0.15) is 44.2 Å². The van der Waals surface area contributed by atoms with E-state index in [0.717, 1.165) is 32.5 Å². The molecule has 0 spiro atoms. The lowest BCUT2D eigenvalue weighted by molar-refractivity contribution is -0.135. The predicted octanol–water partition coefficient (Wildman–Crippen LogP) is 3.12. The second-order valence-corrected chi connectivity index (χ2v) is 6.38. The van der Waals surface area contributed by atoms with Crippen molar-refractivity contribution in [3.8, 4) is 0 Å². The van der Waals surface area contributed by atoms with E-state index in [-0.39, 0.29) is 11.9 Å². The van der Waals surface area contributed by atoms with Gasteiger partial charge < -0.3 is 10.2 Å². The lowest BCUT2D eigenvalue weighted by Crippen LogP contribution is -2.50. The van der Waals surface area contributed by atoms with Crippen molar-refractivity contribution in [2.45, 2.75) is 52.6 Å². The molecule has 1 amide bonds. The highest BCUT2D eigenvalue weighted by Crippen LogP contribution is 2.18. The summed E-state index contributed by atoms with van der Waals surface area (Å²) >= 11 is 0. The van der Waals surface area contributed by atoms with Crippen molar-refractivity contribution in [1.29, 1.82) is 0 Å². The maximum Gasteiger partial charge on any atom is 0.240 e. The van der Waals surface area contributed by atoms with Crippen LogP contribution in [0.2, 0.25) is 0 Å². The van der Waals surface area contributed by atoms with Gasteiger partial charge in [-0.3, -0.25) is 4.79 Å². The summed E-state index contributed by atoms with van der Waals surface area (Å²) in [6.45, 7) is 8.98. The van der Waals surface area contributed by atoms with Crippen LogP contribution in [0.4, 0.5) is 0 Å². The molecular weight excluding hydrogens is 260 g/mol. The molecule has 21 heavy (non-hydrogen) atoms. The molecule has 1 aromatic rings. The maximum absolute atomic E-state index is 12.8. The van der Waals surface area contributed by atoms with Gasteiger partial charge in [0.15, 0.2) is 0 Å². The predicted molar refractivity (Wildman–Crippen MR) is 87.1 cm³/mol. The fourth-order valence-corrected chi connectivity index (χ4v) is 2.97. The van der Waals surface area contributed by atoms with Crippen molar-refractivity contribution in [3.05, 3.63) is 35.4 Å². The zero-order valence-corrected chi connectivity index (χ0v) is 13.6. The Bertz CT molecular complexity index is 455. The monoisotopic (exact) mass is 288 g/mol. The van der Waals surface area contributed by atoms with Gasteiger partial charge in [0, 0.05) is 13.1 Å². The summed E-state index contributed by atoms with van der Waals surface area (Å²) in [5, 5.41) is 3.39. The molecule has 116 valence electrons. The van der Waals surface area contributed by atoms with Gasteiger partial charge in [-0.25, -0.2) is 0 Å². The van der Waals surface area contributed by atoms with E-state index in [4.69, 9.17) is 0 Å². The van der Waals surface area contributed by atoms with E-state index in [9.17, 15) is 4.79 Å². The largest absolute Gasteiger partial charge is 0.337 e. The van der Waals surface area contributed by atoms with Crippen LogP contribution >= 0.6 is 0 Å².